The number of Topliss-reactive ketones (excluding diaryl/α,β-unsaturated/α-hetero) is 1. The zero-order valence-electron chi connectivity index (χ0n) is 16.9. The van der Waals surface area contributed by atoms with E-state index in [0.29, 0.717) is 29.5 Å². The summed E-state index contributed by atoms with van der Waals surface area (Å²) in [5.74, 6) is 0.984. The summed E-state index contributed by atoms with van der Waals surface area (Å²) in [5.41, 5.74) is 1.93. The highest BCUT2D eigenvalue weighted by molar-refractivity contribution is 5.97. The maximum Gasteiger partial charge on any atom is 0.251 e. The van der Waals surface area contributed by atoms with Gasteiger partial charge in [0.1, 0.15) is 6.61 Å². The maximum absolute atomic E-state index is 12.3. The second-order valence-corrected chi connectivity index (χ2v) is 7.28. The zero-order valence-corrected chi connectivity index (χ0v) is 16.9. The van der Waals surface area contributed by atoms with Crippen molar-refractivity contribution in [3.63, 3.8) is 0 Å². The van der Waals surface area contributed by atoms with Gasteiger partial charge in [0.25, 0.3) is 5.91 Å². The van der Waals surface area contributed by atoms with Crippen LogP contribution in [0.1, 0.15) is 40.5 Å². The van der Waals surface area contributed by atoms with Gasteiger partial charge >= 0.3 is 0 Å². The Morgan fingerprint density at radius 3 is 2.43 bits per heavy atom. The van der Waals surface area contributed by atoms with E-state index in [9.17, 15) is 9.59 Å². The van der Waals surface area contributed by atoms with Crippen molar-refractivity contribution < 1.29 is 14.3 Å². The molecule has 1 aliphatic heterocycles. The number of anilines is 1. The Labute approximate surface area is 175 Å². The number of ketones is 1. The fourth-order valence-electron chi connectivity index (χ4n) is 3.47. The Morgan fingerprint density at radius 2 is 1.70 bits per heavy atom. The van der Waals surface area contributed by atoms with Crippen LogP contribution in [-0.4, -0.2) is 47.9 Å². The molecule has 30 heavy (non-hydrogen) atoms. The monoisotopic (exact) mass is 404 g/mol. The largest absolute Gasteiger partial charge is 0.475 e. The molecule has 3 aromatic rings. The molecule has 1 aliphatic rings. The minimum Gasteiger partial charge on any atom is -0.475 e. The van der Waals surface area contributed by atoms with E-state index in [2.05, 4.69) is 20.2 Å². The first kappa shape index (κ1) is 19.8. The van der Waals surface area contributed by atoms with Crippen LogP contribution in [-0.2, 0) is 0 Å². The normalized spacial score (nSPS) is 13.4. The van der Waals surface area contributed by atoms with Crippen molar-refractivity contribution in [3.8, 4) is 5.88 Å². The van der Waals surface area contributed by atoms with Crippen LogP contribution >= 0.6 is 0 Å². The van der Waals surface area contributed by atoms with Crippen LogP contribution in [0.5, 0.6) is 5.88 Å². The van der Waals surface area contributed by atoms with E-state index in [1.165, 1.54) is 6.92 Å². The Bertz CT molecular complexity index is 1060. The summed E-state index contributed by atoms with van der Waals surface area (Å²) in [4.78, 5) is 35.1. The predicted molar refractivity (Wildman–Crippen MR) is 115 cm³/mol. The number of rotatable bonds is 7. The summed E-state index contributed by atoms with van der Waals surface area (Å²) < 4.78 is 5.92. The Kier molecular flexibility index (Phi) is 5.88. The number of carbonyl (C=O) groups excluding carboxylic acids is 2. The molecule has 0 atom stereocenters. The van der Waals surface area contributed by atoms with E-state index in [-0.39, 0.29) is 18.3 Å². The molecule has 1 saturated heterocycles. The van der Waals surface area contributed by atoms with Crippen LogP contribution in [0.15, 0.2) is 48.5 Å². The average Bonchev–Trinajstić information content (AvgIpc) is 3.31. The molecule has 7 nitrogen and oxygen atoms in total. The number of para-hydroxylation sites is 1. The van der Waals surface area contributed by atoms with Crippen molar-refractivity contribution in [1.29, 1.82) is 0 Å². The average molecular weight is 404 g/mol. The fourth-order valence-corrected chi connectivity index (χ4v) is 3.47. The molecule has 7 heteroatoms. The summed E-state index contributed by atoms with van der Waals surface area (Å²) in [6, 6.07) is 14.4. The SMILES string of the molecule is CC(=O)c1ccc(C(=O)NCCOc2nc(N3CCCC3)nc3ccccc23)cc1. The lowest BCUT2D eigenvalue weighted by atomic mass is 10.1. The number of nitrogens with one attached hydrogen (secondary N) is 1. The molecule has 154 valence electrons. The molecular formula is C23H24N4O3. The molecule has 0 unspecified atom stereocenters. The molecule has 0 spiro atoms. The van der Waals surface area contributed by atoms with Crippen molar-refractivity contribution in [1.82, 2.24) is 15.3 Å². The van der Waals surface area contributed by atoms with E-state index in [1.807, 2.05) is 24.3 Å². The Morgan fingerprint density at radius 1 is 1.00 bits per heavy atom. The van der Waals surface area contributed by atoms with Gasteiger partial charge < -0.3 is 15.0 Å². The van der Waals surface area contributed by atoms with Crippen LogP contribution in [0.2, 0.25) is 0 Å². The molecule has 0 saturated carbocycles. The first-order chi connectivity index (χ1) is 14.6. The van der Waals surface area contributed by atoms with Crippen LogP contribution in [0.25, 0.3) is 10.9 Å². The summed E-state index contributed by atoms with van der Waals surface area (Å²) in [5, 5.41) is 3.69. The van der Waals surface area contributed by atoms with Gasteiger partial charge in [-0.2, -0.15) is 4.98 Å². The number of ether oxygens (including phenoxy) is 1. The fraction of sp³-hybridized carbons (Fsp3) is 0.304. The molecule has 1 aromatic heterocycles. The van der Waals surface area contributed by atoms with Crippen molar-refractivity contribution in [3.05, 3.63) is 59.7 Å². The predicted octanol–water partition coefficient (Wildman–Crippen LogP) is 3.24. The maximum atomic E-state index is 12.3. The van der Waals surface area contributed by atoms with Crippen LogP contribution in [0.3, 0.4) is 0 Å². The van der Waals surface area contributed by atoms with Gasteiger partial charge in [0, 0.05) is 24.2 Å². The molecule has 1 amide bonds. The molecular weight excluding hydrogens is 380 g/mol. The second-order valence-electron chi connectivity index (χ2n) is 7.28. The number of nitrogens with zero attached hydrogens (tertiary/aromatic N) is 3. The minimum absolute atomic E-state index is 0.0271. The second kappa shape index (κ2) is 8.90. The highest BCUT2D eigenvalue weighted by atomic mass is 16.5. The van der Waals surface area contributed by atoms with E-state index < -0.39 is 0 Å². The van der Waals surface area contributed by atoms with Crippen molar-refractivity contribution >= 4 is 28.5 Å². The highest BCUT2D eigenvalue weighted by Gasteiger charge is 2.18. The third-order valence-corrected chi connectivity index (χ3v) is 5.13. The molecule has 1 fully saturated rings. The van der Waals surface area contributed by atoms with Crippen LogP contribution < -0.4 is 15.0 Å². The number of carbonyl (C=O) groups is 2. The Hall–Kier alpha value is -3.48. The number of hydrogen-bond donors (Lipinski definition) is 1. The third-order valence-electron chi connectivity index (χ3n) is 5.13. The molecule has 4 rings (SSSR count). The third kappa shape index (κ3) is 4.40. The van der Waals surface area contributed by atoms with Gasteiger partial charge in [0.2, 0.25) is 11.8 Å². The molecule has 2 heterocycles. The molecule has 2 aromatic carbocycles. The van der Waals surface area contributed by atoms with Crippen molar-refractivity contribution in [2.45, 2.75) is 19.8 Å². The standard InChI is InChI=1S/C23H24N4O3/c1-16(28)17-8-10-18(11-9-17)21(29)24-12-15-30-22-19-6-2-3-7-20(19)25-23(26-22)27-13-4-5-14-27/h2-3,6-11H,4-5,12-15H2,1H3,(H,24,29). The van der Waals surface area contributed by atoms with Gasteiger partial charge in [-0.1, -0.05) is 24.3 Å². The molecule has 0 aliphatic carbocycles. The van der Waals surface area contributed by atoms with E-state index in [1.54, 1.807) is 24.3 Å². The molecule has 1 N–H and O–H groups in total. The zero-order chi connectivity index (χ0) is 20.9. The first-order valence-corrected chi connectivity index (χ1v) is 10.2. The molecule has 0 bridgehead atoms. The smallest absolute Gasteiger partial charge is 0.251 e. The van der Waals surface area contributed by atoms with Gasteiger partial charge in [-0.3, -0.25) is 9.59 Å². The van der Waals surface area contributed by atoms with E-state index in [0.717, 1.165) is 36.8 Å². The Balaban J connectivity index is 1.39. The summed E-state index contributed by atoms with van der Waals surface area (Å²) in [6.07, 6.45) is 2.29. The van der Waals surface area contributed by atoms with Gasteiger partial charge in [0.15, 0.2) is 5.78 Å². The molecule has 0 radical (unpaired) electrons. The number of aromatic nitrogens is 2. The van der Waals surface area contributed by atoms with Gasteiger partial charge in [0.05, 0.1) is 17.4 Å². The van der Waals surface area contributed by atoms with Gasteiger partial charge in [-0.25, -0.2) is 4.98 Å². The van der Waals surface area contributed by atoms with Crippen LogP contribution in [0, 0.1) is 0 Å². The van der Waals surface area contributed by atoms with Gasteiger partial charge in [-0.05, 0) is 44.0 Å². The number of hydrogen-bond acceptors (Lipinski definition) is 6. The quantitative estimate of drug-likeness (QED) is 0.481. The summed E-state index contributed by atoms with van der Waals surface area (Å²) >= 11 is 0. The van der Waals surface area contributed by atoms with Crippen molar-refractivity contribution in [2.75, 3.05) is 31.1 Å². The lowest BCUT2D eigenvalue weighted by Gasteiger charge is -2.17. The summed E-state index contributed by atoms with van der Waals surface area (Å²) in [6.45, 7) is 4.04. The van der Waals surface area contributed by atoms with Crippen LogP contribution in [0.4, 0.5) is 5.95 Å². The number of benzene rings is 2. The summed E-state index contributed by atoms with van der Waals surface area (Å²) in [7, 11) is 0. The number of amides is 1. The van der Waals surface area contributed by atoms with Crippen molar-refractivity contribution in [2.24, 2.45) is 0 Å². The lowest BCUT2D eigenvalue weighted by Crippen LogP contribution is -2.28. The topological polar surface area (TPSA) is 84.4 Å². The first-order valence-electron chi connectivity index (χ1n) is 10.2. The lowest BCUT2D eigenvalue weighted by molar-refractivity contribution is 0.0944. The van der Waals surface area contributed by atoms with E-state index >= 15 is 0 Å². The minimum atomic E-state index is -0.209. The number of fused-ring (bicyclic) bond motifs is 1. The van der Waals surface area contributed by atoms with E-state index in [4.69, 9.17) is 4.74 Å². The highest BCUT2D eigenvalue weighted by Crippen LogP contribution is 2.26. The van der Waals surface area contributed by atoms with Gasteiger partial charge in [-0.15, -0.1) is 0 Å².